The monoisotopic (exact) mass is 412 g/mol. The third kappa shape index (κ3) is 4.34. The quantitative estimate of drug-likeness (QED) is 0.640. The summed E-state index contributed by atoms with van der Waals surface area (Å²) in [7, 11) is 1.32. The van der Waals surface area contributed by atoms with Crippen LogP contribution in [-0.4, -0.2) is 45.9 Å². The summed E-state index contributed by atoms with van der Waals surface area (Å²) in [6, 6.07) is 5.16. The second-order valence-electron chi connectivity index (χ2n) is 7.38. The highest BCUT2D eigenvalue weighted by atomic mass is 19.1. The van der Waals surface area contributed by atoms with Crippen LogP contribution >= 0.6 is 0 Å². The Morgan fingerprint density at radius 3 is 2.67 bits per heavy atom. The van der Waals surface area contributed by atoms with Gasteiger partial charge in [-0.3, -0.25) is 4.79 Å². The second kappa shape index (κ2) is 9.06. The van der Waals surface area contributed by atoms with Gasteiger partial charge in [-0.2, -0.15) is 5.10 Å². The number of aromatic nitrogens is 4. The number of rotatable bonds is 5. The van der Waals surface area contributed by atoms with Gasteiger partial charge in [0.25, 0.3) is 0 Å². The number of ether oxygens (including phenoxy) is 1. The molecular weight excluding hydrogens is 387 g/mol. The van der Waals surface area contributed by atoms with E-state index in [0.29, 0.717) is 28.2 Å². The van der Waals surface area contributed by atoms with Crippen molar-refractivity contribution < 1.29 is 13.9 Å². The van der Waals surface area contributed by atoms with Crippen LogP contribution in [0.5, 0.6) is 0 Å². The van der Waals surface area contributed by atoms with Gasteiger partial charge in [-0.05, 0) is 31.0 Å². The van der Waals surface area contributed by atoms with Gasteiger partial charge in [0.15, 0.2) is 5.65 Å². The van der Waals surface area contributed by atoms with Crippen molar-refractivity contribution in [1.29, 1.82) is 0 Å². The van der Waals surface area contributed by atoms with Crippen LogP contribution in [-0.2, 0) is 16.1 Å². The van der Waals surface area contributed by atoms with Crippen LogP contribution in [0.25, 0.3) is 11.0 Å². The highest BCUT2D eigenvalue weighted by Crippen LogP contribution is 2.28. The molecule has 9 heteroatoms. The number of hydrogen-bond donors (Lipinski definition) is 1. The predicted octanol–water partition coefficient (Wildman–Crippen LogP) is 3.65. The Morgan fingerprint density at radius 2 is 1.93 bits per heavy atom. The number of halogens is 1. The molecule has 0 radical (unpaired) electrons. The van der Waals surface area contributed by atoms with Crippen molar-refractivity contribution in [2.24, 2.45) is 0 Å². The maximum atomic E-state index is 14.9. The van der Waals surface area contributed by atoms with Crippen molar-refractivity contribution in [2.45, 2.75) is 38.6 Å². The van der Waals surface area contributed by atoms with Gasteiger partial charge < -0.3 is 15.0 Å². The van der Waals surface area contributed by atoms with E-state index in [2.05, 4.69) is 30.0 Å². The lowest BCUT2D eigenvalue weighted by Crippen LogP contribution is -2.27. The van der Waals surface area contributed by atoms with E-state index in [1.165, 1.54) is 43.4 Å². The Labute approximate surface area is 174 Å². The summed E-state index contributed by atoms with van der Waals surface area (Å²) in [6.07, 6.45) is 8.80. The first-order chi connectivity index (χ1) is 14.7. The second-order valence-corrected chi connectivity index (χ2v) is 7.38. The van der Waals surface area contributed by atoms with Gasteiger partial charge in [0.2, 0.25) is 0 Å². The molecule has 0 bridgehead atoms. The molecule has 0 unspecified atom stereocenters. The van der Waals surface area contributed by atoms with E-state index >= 15 is 0 Å². The van der Waals surface area contributed by atoms with Gasteiger partial charge in [0.1, 0.15) is 24.5 Å². The smallest absolute Gasteiger partial charge is 0.327 e. The van der Waals surface area contributed by atoms with Gasteiger partial charge in [-0.25, -0.2) is 19.0 Å². The number of anilines is 3. The molecule has 1 N–H and O–H groups in total. The number of nitrogens with one attached hydrogen (secondary N) is 1. The zero-order chi connectivity index (χ0) is 20.9. The molecule has 8 nitrogen and oxygen atoms in total. The molecule has 30 heavy (non-hydrogen) atoms. The maximum Gasteiger partial charge on any atom is 0.327 e. The van der Waals surface area contributed by atoms with Crippen molar-refractivity contribution in [3.05, 3.63) is 36.5 Å². The number of hydrogen-bond acceptors (Lipinski definition) is 7. The first-order valence-electron chi connectivity index (χ1n) is 10.2. The average molecular weight is 412 g/mol. The Balaban J connectivity index is 1.55. The highest BCUT2D eigenvalue weighted by Gasteiger charge is 2.16. The fourth-order valence-electron chi connectivity index (χ4n) is 3.76. The van der Waals surface area contributed by atoms with Crippen LogP contribution in [0.4, 0.5) is 21.6 Å². The molecule has 3 heterocycles. The Hall–Kier alpha value is -3.23. The minimum atomic E-state index is -0.421. The Kier molecular flexibility index (Phi) is 6.06. The van der Waals surface area contributed by atoms with Crippen LogP contribution < -0.4 is 10.2 Å². The van der Waals surface area contributed by atoms with Gasteiger partial charge >= 0.3 is 5.97 Å². The van der Waals surface area contributed by atoms with E-state index < -0.39 is 5.97 Å². The summed E-state index contributed by atoms with van der Waals surface area (Å²) in [5, 5.41) is 7.96. The van der Waals surface area contributed by atoms with Crippen LogP contribution in [0.3, 0.4) is 0 Å². The van der Waals surface area contributed by atoms with Gasteiger partial charge in [-0.15, -0.1) is 0 Å². The largest absolute Gasteiger partial charge is 0.468 e. The number of fused-ring (bicyclic) bond motifs is 1. The average Bonchev–Trinajstić information content (AvgIpc) is 3.12. The van der Waals surface area contributed by atoms with E-state index in [0.717, 1.165) is 25.9 Å². The Morgan fingerprint density at radius 1 is 1.17 bits per heavy atom. The molecule has 0 amide bonds. The molecular formula is C21H25FN6O2. The minimum absolute atomic E-state index is 0.0460. The zero-order valence-electron chi connectivity index (χ0n) is 17.0. The van der Waals surface area contributed by atoms with E-state index in [1.54, 1.807) is 6.20 Å². The highest BCUT2D eigenvalue weighted by molar-refractivity contribution is 5.88. The topological polar surface area (TPSA) is 85.2 Å². The fraction of sp³-hybridized carbons (Fsp3) is 0.429. The van der Waals surface area contributed by atoms with Crippen molar-refractivity contribution in [1.82, 2.24) is 19.7 Å². The summed E-state index contributed by atoms with van der Waals surface area (Å²) in [5.74, 6) is -0.184. The first-order valence-corrected chi connectivity index (χ1v) is 10.2. The molecule has 1 aromatic carbocycles. The molecule has 158 valence electrons. The van der Waals surface area contributed by atoms with Gasteiger partial charge in [-0.1, -0.05) is 19.3 Å². The normalized spacial score (nSPS) is 14.9. The number of esters is 1. The summed E-state index contributed by atoms with van der Waals surface area (Å²) >= 11 is 0. The lowest BCUT2D eigenvalue weighted by atomic mass is 10.1. The predicted molar refractivity (Wildman–Crippen MR) is 112 cm³/mol. The molecule has 2 aromatic heterocycles. The zero-order valence-corrected chi connectivity index (χ0v) is 17.0. The SMILES string of the molecule is COC(=O)Cn1ncc2c(Nc3ccc(N4CCCCCCC4)c(F)c3)ncnc21. The standard InChI is InChI=1S/C21H25FN6O2/c1-30-19(29)13-28-21-16(12-25-28)20(23-14-24-21)26-15-7-8-18(17(22)11-15)27-9-5-3-2-4-6-10-27/h7-8,11-12,14H,2-6,9-10,13H2,1H3,(H,23,24,26). The van der Waals surface area contributed by atoms with E-state index in [1.807, 2.05) is 12.1 Å². The third-order valence-electron chi connectivity index (χ3n) is 5.35. The van der Waals surface area contributed by atoms with Crippen LogP contribution in [0, 0.1) is 5.82 Å². The number of nitrogens with zero attached hydrogens (tertiary/aromatic N) is 5. The van der Waals surface area contributed by atoms with Gasteiger partial charge in [0, 0.05) is 18.8 Å². The molecule has 1 aliphatic heterocycles. The summed E-state index contributed by atoms with van der Waals surface area (Å²) < 4.78 is 21.0. The van der Waals surface area contributed by atoms with Crippen molar-refractivity contribution in [3.63, 3.8) is 0 Å². The maximum absolute atomic E-state index is 14.9. The third-order valence-corrected chi connectivity index (χ3v) is 5.35. The van der Waals surface area contributed by atoms with Crippen LogP contribution in [0.15, 0.2) is 30.7 Å². The summed E-state index contributed by atoms with van der Waals surface area (Å²) in [4.78, 5) is 22.1. The van der Waals surface area contributed by atoms with E-state index in [4.69, 9.17) is 0 Å². The number of benzene rings is 1. The van der Waals surface area contributed by atoms with Crippen LogP contribution in [0.2, 0.25) is 0 Å². The molecule has 3 aromatic rings. The number of methoxy groups -OCH3 is 1. The van der Waals surface area contributed by atoms with E-state index in [9.17, 15) is 9.18 Å². The first kappa shape index (κ1) is 20.1. The molecule has 0 spiro atoms. The molecule has 0 saturated carbocycles. The van der Waals surface area contributed by atoms with Gasteiger partial charge in [0.05, 0.1) is 24.4 Å². The number of carbonyl (C=O) groups is 1. The fourth-order valence-corrected chi connectivity index (χ4v) is 3.76. The van der Waals surface area contributed by atoms with Crippen molar-refractivity contribution in [2.75, 3.05) is 30.4 Å². The Bertz CT molecular complexity index is 1030. The van der Waals surface area contributed by atoms with Crippen molar-refractivity contribution >= 4 is 34.2 Å². The molecule has 1 aliphatic rings. The molecule has 0 atom stereocenters. The summed E-state index contributed by atoms with van der Waals surface area (Å²) in [5.41, 5.74) is 1.72. The minimum Gasteiger partial charge on any atom is -0.468 e. The van der Waals surface area contributed by atoms with Crippen LogP contribution in [0.1, 0.15) is 32.1 Å². The molecule has 0 aliphatic carbocycles. The molecule has 1 fully saturated rings. The summed E-state index contributed by atoms with van der Waals surface area (Å²) in [6.45, 7) is 1.72. The number of carbonyl (C=O) groups excluding carboxylic acids is 1. The lowest BCUT2D eigenvalue weighted by molar-refractivity contribution is -0.141. The molecule has 4 rings (SSSR count). The lowest BCUT2D eigenvalue weighted by Gasteiger charge is -2.27. The molecule has 1 saturated heterocycles. The van der Waals surface area contributed by atoms with E-state index in [-0.39, 0.29) is 12.4 Å². The van der Waals surface area contributed by atoms with Crippen molar-refractivity contribution in [3.8, 4) is 0 Å².